The highest BCUT2D eigenvalue weighted by Gasteiger charge is 2.25. The highest BCUT2D eigenvalue weighted by atomic mass is 16.4. The highest BCUT2D eigenvalue weighted by Crippen LogP contribution is 2.23. The third-order valence-electron chi connectivity index (χ3n) is 3.25. The van der Waals surface area contributed by atoms with E-state index in [9.17, 15) is 4.79 Å². The molecule has 0 spiro atoms. The van der Waals surface area contributed by atoms with Crippen LogP contribution in [0.25, 0.3) is 0 Å². The van der Waals surface area contributed by atoms with Crippen molar-refractivity contribution in [2.24, 2.45) is 5.92 Å². The largest absolute Gasteiger partial charge is 0.481 e. The Balaban J connectivity index is 2.09. The summed E-state index contributed by atoms with van der Waals surface area (Å²) in [5.41, 5.74) is 0. The van der Waals surface area contributed by atoms with Crippen LogP contribution in [0, 0.1) is 12.8 Å². The van der Waals surface area contributed by atoms with Crippen LogP contribution >= 0.6 is 0 Å². The fraction of sp³-hybridized carbons (Fsp3) is 0.583. The van der Waals surface area contributed by atoms with Gasteiger partial charge in [0.2, 0.25) is 0 Å². The van der Waals surface area contributed by atoms with E-state index in [0.717, 1.165) is 30.5 Å². The van der Waals surface area contributed by atoms with Gasteiger partial charge in [-0.2, -0.15) is 0 Å². The van der Waals surface area contributed by atoms with Crippen LogP contribution in [0.4, 0.5) is 11.6 Å². The second kappa shape index (κ2) is 5.20. The fourth-order valence-corrected chi connectivity index (χ4v) is 2.20. The van der Waals surface area contributed by atoms with E-state index in [2.05, 4.69) is 20.2 Å². The quantitative estimate of drug-likeness (QED) is 0.837. The molecule has 1 aliphatic rings. The van der Waals surface area contributed by atoms with E-state index in [0.29, 0.717) is 12.8 Å². The van der Waals surface area contributed by atoms with Crippen molar-refractivity contribution < 1.29 is 9.90 Å². The summed E-state index contributed by atoms with van der Waals surface area (Å²) in [4.78, 5) is 21.7. The van der Waals surface area contributed by atoms with Gasteiger partial charge in [-0.15, -0.1) is 0 Å². The van der Waals surface area contributed by atoms with Crippen molar-refractivity contribution in [2.75, 3.05) is 30.4 Å². The Morgan fingerprint density at radius 3 is 2.67 bits per heavy atom. The SMILES string of the molecule is CNc1cc(N2CCC(C(=O)O)CC2)nc(C)n1. The maximum absolute atomic E-state index is 10.9. The van der Waals surface area contributed by atoms with Gasteiger partial charge in [0.15, 0.2) is 0 Å². The molecular formula is C12H18N4O2. The smallest absolute Gasteiger partial charge is 0.306 e. The van der Waals surface area contributed by atoms with Crippen molar-refractivity contribution >= 4 is 17.6 Å². The fourth-order valence-electron chi connectivity index (χ4n) is 2.20. The lowest BCUT2D eigenvalue weighted by Gasteiger charge is -2.31. The summed E-state index contributed by atoms with van der Waals surface area (Å²) < 4.78 is 0. The molecule has 18 heavy (non-hydrogen) atoms. The number of piperidine rings is 1. The van der Waals surface area contributed by atoms with Gasteiger partial charge >= 0.3 is 5.97 Å². The number of anilines is 2. The number of carboxylic acid groups (broad SMARTS) is 1. The van der Waals surface area contributed by atoms with Crippen LogP contribution in [-0.2, 0) is 4.79 Å². The van der Waals surface area contributed by atoms with Gasteiger partial charge in [0.1, 0.15) is 17.5 Å². The molecule has 2 rings (SSSR count). The number of hydrogen-bond acceptors (Lipinski definition) is 5. The van der Waals surface area contributed by atoms with Crippen molar-refractivity contribution in [3.05, 3.63) is 11.9 Å². The molecule has 6 nitrogen and oxygen atoms in total. The molecule has 2 heterocycles. The van der Waals surface area contributed by atoms with Crippen LogP contribution in [0.2, 0.25) is 0 Å². The summed E-state index contributed by atoms with van der Waals surface area (Å²) in [5, 5.41) is 12.0. The molecule has 6 heteroatoms. The molecule has 2 N–H and O–H groups in total. The molecule has 0 bridgehead atoms. The van der Waals surface area contributed by atoms with E-state index >= 15 is 0 Å². The first-order valence-electron chi connectivity index (χ1n) is 6.11. The Morgan fingerprint density at radius 1 is 1.44 bits per heavy atom. The maximum atomic E-state index is 10.9. The van der Waals surface area contributed by atoms with Crippen molar-refractivity contribution in [1.29, 1.82) is 0 Å². The number of aliphatic carboxylic acids is 1. The van der Waals surface area contributed by atoms with Gasteiger partial charge in [-0.1, -0.05) is 0 Å². The molecule has 1 aromatic heterocycles. The molecule has 0 unspecified atom stereocenters. The summed E-state index contributed by atoms with van der Waals surface area (Å²) in [6.07, 6.45) is 1.35. The minimum absolute atomic E-state index is 0.215. The zero-order valence-corrected chi connectivity index (χ0v) is 10.7. The van der Waals surface area contributed by atoms with Gasteiger partial charge in [-0.05, 0) is 19.8 Å². The number of hydrogen-bond donors (Lipinski definition) is 2. The van der Waals surface area contributed by atoms with E-state index in [1.807, 2.05) is 20.0 Å². The molecule has 0 aromatic carbocycles. The van der Waals surface area contributed by atoms with E-state index < -0.39 is 5.97 Å². The number of aromatic nitrogens is 2. The summed E-state index contributed by atoms with van der Waals surface area (Å²) in [5.74, 6) is 1.48. The molecule has 0 radical (unpaired) electrons. The van der Waals surface area contributed by atoms with Crippen LogP contribution in [-0.4, -0.2) is 41.2 Å². The zero-order valence-electron chi connectivity index (χ0n) is 10.7. The summed E-state index contributed by atoms with van der Waals surface area (Å²) in [6.45, 7) is 3.32. The van der Waals surface area contributed by atoms with Gasteiger partial charge < -0.3 is 15.3 Å². The Bertz CT molecular complexity index is 442. The summed E-state index contributed by atoms with van der Waals surface area (Å²) >= 11 is 0. The van der Waals surface area contributed by atoms with E-state index in [-0.39, 0.29) is 5.92 Å². The lowest BCUT2D eigenvalue weighted by Crippen LogP contribution is -2.36. The molecular weight excluding hydrogens is 232 g/mol. The molecule has 1 aromatic rings. The third kappa shape index (κ3) is 2.69. The number of carboxylic acids is 1. The lowest BCUT2D eigenvalue weighted by molar-refractivity contribution is -0.142. The van der Waals surface area contributed by atoms with Crippen LogP contribution in [0.15, 0.2) is 6.07 Å². The number of nitrogens with zero attached hydrogens (tertiary/aromatic N) is 3. The van der Waals surface area contributed by atoms with Crippen LogP contribution in [0.5, 0.6) is 0 Å². The summed E-state index contributed by atoms with van der Waals surface area (Å²) in [7, 11) is 1.82. The van der Waals surface area contributed by atoms with Gasteiger partial charge in [0.05, 0.1) is 5.92 Å². The van der Waals surface area contributed by atoms with Crippen molar-refractivity contribution in [3.8, 4) is 0 Å². The van der Waals surface area contributed by atoms with Gasteiger partial charge in [0, 0.05) is 26.2 Å². The molecule has 0 atom stereocenters. The van der Waals surface area contributed by atoms with E-state index in [1.54, 1.807) is 0 Å². The molecule has 0 aliphatic carbocycles. The van der Waals surface area contributed by atoms with E-state index in [1.165, 1.54) is 0 Å². The van der Waals surface area contributed by atoms with Gasteiger partial charge in [0.25, 0.3) is 0 Å². The number of nitrogens with one attached hydrogen (secondary N) is 1. The number of carbonyl (C=O) groups is 1. The zero-order chi connectivity index (χ0) is 13.1. The highest BCUT2D eigenvalue weighted by molar-refractivity contribution is 5.70. The van der Waals surface area contributed by atoms with Crippen molar-refractivity contribution in [1.82, 2.24) is 9.97 Å². The first kappa shape index (κ1) is 12.6. The van der Waals surface area contributed by atoms with Crippen molar-refractivity contribution in [2.45, 2.75) is 19.8 Å². The average Bonchev–Trinajstić information content (AvgIpc) is 2.38. The monoisotopic (exact) mass is 250 g/mol. The topological polar surface area (TPSA) is 78.4 Å². The van der Waals surface area contributed by atoms with Gasteiger partial charge in [-0.25, -0.2) is 9.97 Å². The molecule has 98 valence electrons. The third-order valence-corrected chi connectivity index (χ3v) is 3.25. The maximum Gasteiger partial charge on any atom is 0.306 e. The van der Waals surface area contributed by atoms with E-state index in [4.69, 9.17) is 5.11 Å². The predicted molar refractivity (Wildman–Crippen MR) is 68.9 cm³/mol. The molecule has 0 amide bonds. The second-order valence-corrected chi connectivity index (χ2v) is 4.51. The van der Waals surface area contributed by atoms with Crippen LogP contribution in [0.1, 0.15) is 18.7 Å². The number of aryl methyl sites for hydroxylation is 1. The first-order valence-corrected chi connectivity index (χ1v) is 6.11. The minimum Gasteiger partial charge on any atom is -0.481 e. The minimum atomic E-state index is -0.690. The predicted octanol–water partition coefficient (Wildman–Crippen LogP) is 1.13. The lowest BCUT2D eigenvalue weighted by atomic mass is 9.97. The van der Waals surface area contributed by atoms with Crippen LogP contribution in [0.3, 0.4) is 0 Å². The van der Waals surface area contributed by atoms with Crippen LogP contribution < -0.4 is 10.2 Å². The average molecular weight is 250 g/mol. The Hall–Kier alpha value is -1.85. The van der Waals surface area contributed by atoms with Crippen molar-refractivity contribution in [3.63, 3.8) is 0 Å². The standard InChI is InChI=1S/C12H18N4O2/c1-8-14-10(13-2)7-11(15-8)16-5-3-9(4-6-16)12(17)18/h7,9H,3-6H2,1-2H3,(H,17,18)(H,13,14,15). The van der Waals surface area contributed by atoms with Gasteiger partial charge in [-0.3, -0.25) is 4.79 Å². The second-order valence-electron chi connectivity index (χ2n) is 4.51. The Labute approximate surface area is 106 Å². The Morgan fingerprint density at radius 2 is 2.11 bits per heavy atom. The molecule has 1 saturated heterocycles. The molecule has 1 aliphatic heterocycles. The normalized spacial score (nSPS) is 16.7. The number of rotatable bonds is 3. The molecule has 0 saturated carbocycles. The Kier molecular flexibility index (Phi) is 3.64. The first-order chi connectivity index (χ1) is 8.60. The summed E-state index contributed by atoms with van der Waals surface area (Å²) in [6, 6.07) is 1.90. The molecule has 1 fully saturated rings.